The molecule has 7 heteroatoms. The molecule has 0 aromatic rings. The molecular formula is C9H18N2O4S. The fourth-order valence-electron chi connectivity index (χ4n) is 0.760. The number of aliphatic hydroxyl groups excluding tert-OH is 1. The standard InChI is InChI=1S/C9H18N2O4S/c1-9(2,16-3)5-10-8(15)11-6(4-12)7(13)14/h6,12H,4-5H2,1-3H3,(H,13,14)(H2,10,11,15)/t6-/m1/s1. The van der Waals surface area contributed by atoms with Crippen LogP contribution < -0.4 is 10.6 Å². The molecule has 2 amide bonds. The van der Waals surface area contributed by atoms with Crippen LogP contribution in [0.15, 0.2) is 0 Å². The van der Waals surface area contributed by atoms with Crippen molar-refractivity contribution in [1.29, 1.82) is 0 Å². The van der Waals surface area contributed by atoms with Crippen LogP contribution >= 0.6 is 11.8 Å². The molecule has 0 saturated carbocycles. The smallest absolute Gasteiger partial charge is 0.328 e. The van der Waals surface area contributed by atoms with Crippen LogP contribution in [0.4, 0.5) is 4.79 Å². The highest BCUT2D eigenvalue weighted by Crippen LogP contribution is 2.19. The van der Waals surface area contributed by atoms with Crippen molar-refractivity contribution in [2.24, 2.45) is 0 Å². The van der Waals surface area contributed by atoms with Crippen molar-refractivity contribution >= 4 is 23.8 Å². The van der Waals surface area contributed by atoms with Gasteiger partial charge in [0.2, 0.25) is 0 Å². The fourth-order valence-corrected chi connectivity index (χ4v) is 0.977. The summed E-state index contributed by atoms with van der Waals surface area (Å²) in [6.07, 6.45) is 1.92. The van der Waals surface area contributed by atoms with Crippen molar-refractivity contribution in [2.45, 2.75) is 24.6 Å². The van der Waals surface area contributed by atoms with Crippen molar-refractivity contribution < 1.29 is 19.8 Å². The van der Waals surface area contributed by atoms with Crippen LogP contribution in [0.25, 0.3) is 0 Å². The van der Waals surface area contributed by atoms with E-state index in [1.54, 1.807) is 11.8 Å². The molecule has 0 fully saturated rings. The summed E-state index contributed by atoms with van der Waals surface area (Å²) in [6.45, 7) is 3.70. The number of hydrogen-bond donors (Lipinski definition) is 4. The number of nitrogens with one attached hydrogen (secondary N) is 2. The second-order valence-corrected chi connectivity index (χ2v) is 5.38. The van der Waals surface area contributed by atoms with Gasteiger partial charge in [-0.25, -0.2) is 9.59 Å². The van der Waals surface area contributed by atoms with Crippen LogP contribution in [0.1, 0.15) is 13.8 Å². The molecule has 94 valence electrons. The Hall–Kier alpha value is -0.950. The van der Waals surface area contributed by atoms with Crippen molar-refractivity contribution in [3.63, 3.8) is 0 Å². The van der Waals surface area contributed by atoms with Gasteiger partial charge in [-0.15, -0.1) is 0 Å². The lowest BCUT2D eigenvalue weighted by Crippen LogP contribution is -2.50. The highest BCUT2D eigenvalue weighted by molar-refractivity contribution is 7.99. The van der Waals surface area contributed by atoms with E-state index in [0.29, 0.717) is 6.54 Å². The van der Waals surface area contributed by atoms with Crippen molar-refractivity contribution in [1.82, 2.24) is 10.6 Å². The first-order valence-corrected chi connectivity index (χ1v) is 5.98. The molecule has 0 aliphatic rings. The van der Waals surface area contributed by atoms with E-state index >= 15 is 0 Å². The van der Waals surface area contributed by atoms with Crippen molar-refractivity contribution in [2.75, 3.05) is 19.4 Å². The topological polar surface area (TPSA) is 98.7 Å². The van der Waals surface area contributed by atoms with Crippen LogP contribution in [0, 0.1) is 0 Å². The Balaban J connectivity index is 4.04. The van der Waals surface area contributed by atoms with E-state index in [2.05, 4.69) is 10.6 Å². The summed E-state index contributed by atoms with van der Waals surface area (Å²) in [5, 5.41) is 22.0. The molecule has 0 saturated heterocycles. The summed E-state index contributed by atoms with van der Waals surface area (Å²) >= 11 is 1.59. The summed E-state index contributed by atoms with van der Waals surface area (Å²) in [6, 6.07) is -1.86. The third-order valence-corrected chi connectivity index (χ3v) is 3.26. The third kappa shape index (κ3) is 5.82. The van der Waals surface area contributed by atoms with E-state index in [0.717, 1.165) is 0 Å². The van der Waals surface area contributed by atoms with Gasteiger partial charge in [0.25, 0.3) is 0 Å². The molecule has 0 heterocycles. The summed E-state index contributed by atoms with van der Waals surface area (Å²) in [7, 11) is 0. The van der Waals surface area contributed by atoms with Gasteiger partial charge in [0.15, 0.2) is 6.04 Å². The highest BCUT2D eigenvalue weighted by atomic mass is 32.2. The zero-order valence-corrected chi connectivity index (χ0v) is 10.4. The lowest BCUT2D eigenvalue weighted by Gasteiger charge is -2.22. The maximum atomic E-state index is 11.3. The Morgan fingerprint density at radius 3 is 2.38 bits per heavy atom. The monoisotopic (exact) mass is 250 g/mol. The average molecular weight is 250 g/mol. The maximum absolute atomic E-state index is 11.3. The van der Waals surface area contributed by atoms with E-state index in [9.17, 15) is 9.59 Å². The molecule has 0 spiro atoms. The van der Waals surface area contributed by atoms with E-state index in [-0.39, 0.29) is 4.75 Å². The molecule has 0 bridgehead atoms. The van der Waals surface area contributed by atoms with Gasteiger partial charge in [-0.2, -0.15) is 11.8 Å². The first-order chi connectivity index (χ1) is 7.32. The number of rotatable bonds is 6. The van der Waals surface area contributed by atoms with Gasteiger partial charge in [0.1, 0.15) is 0 Å². The van der Waals surface area contributed by atoms with E-state index in [1.807, 2.05) is 20.1 Å². The first kappa shape index (κ1) is 15.0. The lowest BCUT2D eigenvalue weighted by atomic mass is 10.2. The van der Waals surface area contributed by atoms with Gasteiger partial charge < -0.3 is 20.8 Å². The lowest BCUT2D eigenvalue weighted by molar-refractivity contribution is -0.140. The van der Waals surface area contributed by atoms with Gasteiger partial charge in [0.05, 0.1) is 6.61 Å². The van der Waals surface area contributed by atoms with Crippen molar-refractivity contribution in [3.8, 4) is 0 Å². The Labute approximate surface area is 98.8 Å². The van der Waals surface area contributed by atoms with E-state index < -0.39 is 24.6 Å². The maximum Gasteiger partial charge on any atom is 0.328 e. The number of thioether (sulfide) groups is 1. The molecule has 0 rings (SSSR count). The molecule has 0 aliphatic carbocycles. The predicted octanol–water partition coefficient (Wildman–Crippen LogP) is -0.127. The number of aliphatic carboxylic acids is 1. The van der Waals surface area contributed by atoms with Crippen LogP contribution in [0.5, 0.6) is 0 Å². The SMILES string of the molecule is CSC(C)(C)CNC(=O)N[C@H](CO)C(=O)O. The zero-order chi connectivity index (χ0) is 12.8. The average Bonchev–Trinajstić information content (AvgIpc) is 2.22. The molecule has 0 aliphatic heterocycles. The second kappa shape index (κ2) is 6.59. The number of amides is 2. The highest BCUT2D eigenvalue weighted by Gasteiger charge is 2.21. The van der Waals surface area contributed by atoms with Crippen LogP contribution in [0.3, 0.4) is 0 Å². The largest absolute Gasteiger partial charge is 0.480 e. The summed E-state index contributed by atoms with van der Waals surface area (Å²) in [5.41, 5.74) is 0. The van der Waals surface area contributed by atoms with Gasteiger partial charge >= 0.3 is 12.0 Å². The van der Waals surface area contributed by atoms with Gasteiger partial charge in [0, 0.05) is 11.3 Å². The number of urea groups is 1. The first-order valence-electron chi connectivity index (χ1n) is 4.75. The van der Waals surface area contributed by atoms with Crippen LogP contribution in [-0.2, 0) is 4.79 Å². The van der Waals surface area contributed by atoms with E-state index in [4.69, 9.17) is 10.2 Å². The molecule has 16 heavy (non-hydrogen) atoms. The van der Waals surface area contributed by atoms with Crippen LogP contribution in [0.2, 0.25) is 0 Å². The quantitative estimate of drug-likeness (QED) is 0.526. The molecule has 0 unspecified atom stereocenters. The minimum atomic E-state index is -1.27. The molecule has 0 aromatic carbocycles. The van der Waals surface area contributed by atoms with Gasteiger partial charge in [-0.1, -0.05) is 0 Å². The third-order valence-electron chi connectivity index (χ3n) is 2.01. The second-order valence-electron chi connectivity index (χ2n) is 3.86. The number of hydrogen-bond acceptors (Lipinski definition) is 4. The number of carboxylic acids is 1. The van der Waals surface area contributed by atoms with Crippen molar-refractivity contribution in [3.05, 3.63) is 0 Å². The Morgan fingerprint density at radius 1 is 1.44 bits per heavy atom. The molecular weight excluding hydrogens is 232 g/mol. The van der Waals surface area contributed by atoms with E-state index in [1.165, 1.54) is 0 Å². The number of carbonyl (C=O) groups excluding carboxylic acids is 1. The fraction of sp³-hybridized carbons (Fsp3) is 0.778. The summed E-state index contributed by atoms with van der Waals surface area (Å²) < 4.78 is -0.116. The van der Waals surface area contributed by atoms with Gasteiger partial charge in [-0.3, -0.25) is 0 Å². The number of aliphatic hydroxyl groups is 1. The van der Waals surface area contributed by atoms with Gasteiger partial charge in [-0.05, 0) is 20.1 Å². The molecule has 6 nitrogen and oxygen atoms in total. The minimum Gasteiger partial charge on any atom is -0.480 e. The molecule has 0 aromatic heterocycles. The summed E-state index contributed by atoms with van der Waals surface area (Å²) in [5.74, 6) is -1.26. The normalized spacial score (nSPS) is 13.0. The zero-order valence-electron chi connectivity index (χ0n) is 9.61. The molecule has 1 atom stereocenters. The number of carboxylic acid groups (broad SMARTS) is 1. The molecule has 0 radical (unpaired) electrons. The molecule has 4 N–H and O–H groups in total. The predicted molar refractivity (Wildman–Crippen MR) is 62.6 cm³/mol. The Bertz CT molecular complexity index is 258. The van der Waals surface area contributed by atoms with Crippen LogP contribution in [-0.4, -0.2) is 52.4 Å². The Kier molecular flexibility index (Phi) is 6.20. The summed E-state index contributed by atoms with van der Waals surface area (Å²) in [4.78, 5) is 21.8. The number of carbonyl (C=O) groups is 2. The minimum absolute atomic E-state index is 0.116. The Morgan fingerprint density at radius 2 is 2.00 bits per heavy atom.